The first kappa shape index (κ1) is 16.0. The molecule has 1 N–H and O–H groups in total. The zero-order chi connectivity index (χ0) is 16.6. The summed E-state index contributed by atoms with van der Waals surface area (Å²) in [5, 5.41) is 2.79. The Morgan fingerprint density at radius 3 is 2.70 bits per heavy atom. The molecule has 0 aliphatic carbocycles. The summed E-state index contributed by atoms with van der Waals surface area (Å²) in [4.78, 5) is 12.6. The molecular formula is C16H13ClFNO3S. The normalized spacial score (nSPS) is 19.0. The van der Waals surface area contributed by atoms with E-state index in [9.17, 15) is 17.6 Å². The van der Waals surface area contributed by atoms with Crippen LogP contribution in [0.1, 0.15) is 28.4 Å². The van der Waals surface area contributed by atoms with Crippen LogP contribution in [0.2, 0.25) is 5.02 Å². The second kappa shape index (κ2) is 5.94. The fraction of sp³-hybridized carbons (Fsp3) is 0.188. The molecule has 23 heavy (non-hydrogen) atoms. The van der Waals surface area contributed by atoms with E-state index in [4.69, 9.17) is 11.6 Å². The molecular weight excluding hydrogens is 341 g/mol. The molecule has 0 aromatic heterocycles. The van der Waals surface area contributed by atoms with E-state index in [1.165, 1.54) is 12.1 Å². The van der Waals surface area contributed by atoms with E-state index in [1.54, 1.807) is 18.2 Å². The number of amides is 1. The van der Waals surface area contributed by atoms with Crippen LogP contribution < -0.4 is 5.32 Å². The van der Waals surface area contributed by atoms with Gasteiger partial charge in [0.15, 0.2) is 9.84 Å². The number of halogens is 2. The second-order valence-electron chi connectivity index (χ2n) is 5.30. The van der Waals surface area contributed by atoms with Gasteiger partial charge < -0.3 is 5.32 Å². The number of benzene rings is 2. The van der Waals surface area contributed by atoms with E-state index in [-0.39, 0.29) is 27.7 Å². The Morgan fingerprint density at radius 2 is 1.96 bits per heavy atom. The van der Waals surface area contributed by atoms with Crippen molar-refractivity contribution in [2.45, 2.75) is 17.4 Å². The Kier molecular flexibility index (Phi) is 4.12. The van der Waals surface area contributed by atoms with Gasteiger partial charge in [-0.05, 0) is 36.2 Å². The first-order valence-corrected chi connectivity index (χ1v) is 8.99. The molecule has 0 radical (unpaired) electrons. The maximum absolute atomic E-state index is 13.1. The fourth-order valence-electron chi connectivity index (χ4n) is 2.65. The van der Waals surface area contributed by atoms with Gasteiger partial charge in [-0.25, -0.2) is 12.8 Å². The molecule has 1 amide bonds. The average molecular weight is 354 g/mol. The van der Waals surface area contributed by atoms with E-state index in [0.29, 0.717) is 5.56 Å². The highest BCUT2D eigenvalue weighted by atomic mass is 35.5. The number of hydrogen-bond acceptors (Lipinski definition) is 3. The third kappa shape index (κ3) is 3.09. The van der Waals surface area contributed by atoms with Gasteiger partial charge in [-0.2, -0.15) is 0 Å². The fourth-order valence-corrected chi connectivity index (χ4v) is 4.52. The van der Waals surface area contributed by atoms with Gasteiger partial charge >= 0.3 is 0 Å². The Bertz CT molecular complexity index is 883. The molecule has 3 rings (SSSR count). The van der Waals surface area contributed by atoms with Crippen molar-refractivity contribution < 1.29 is 17.6 Å². The zero-order valence-electron chi connectivity index (χ0n) is 11.9. The lowest BCUT2D eigenvalue weighted by Gasteiger charge is -2.26. The third-order valence-electron chi connectivity index (χ3n) is 3.79. The van der Waals surface area contributed by atoms with Crippen LogP contribution in [0.25, 0.3) is 0 Å². The lowest BCUT2D eigenvalue weighted by atomic mass is 10.0. The Morgan fingerprint density at radius 1 is 1.22 bits per heavy atom. The van der Waals surface area contributed by atoms with Gasteiger partial charge in [-0.15, -0.1) is 0 Å². The SMILES string of the molecule is O=C(NC1CCS(=O)(=O)c2ccccc21)c1ccc(F)cc1Cl. The van der Waals surface area contributed by atoms with Crippen LogP contribution >= 0.6 is 11.6 Å². The minimum atomic E-state index is -3.32. The van der Waals surface area contributed by atoms with Crippen molar-refractivity contribution >= 4 is 27.3 Å². The predicted molar refractivity (Wildman–Crippen MR) is 84.7 cm³/mol. The zero-order valence-corrected chi connectivity index (χ0v) is 13.5. The molecule has 0 fully saturated rings. The van der Waals surface area contributed by atoms with Crippen molar-refractivity contribution in [3.05, 3.63) is 64.4 Å². The van der Waals surface area contributed by atoms with Crippen molar-refractivity contribution in [2.24, 2.45) is 0 Å². The van der Waals surface area contributed by atoms with E-state index in [2.05, 4.69) is 5.32 Å². The summed E-state index contributed by atoms with van der Waals surface area (Å²) in [6.07, 6.45) is 0.282. The lowest BCUT2D eigenvalue weighted by Crippen LogP contribution is -2.34. The minimum Gasteiger partial charge on any atom is -0.345 e. The van der Waals surface area contributed by atoms with Gasteiger partial charge in [-0.3, -0.25) is 4.79 Å². The molecule has 7 heteroatoms. The number of hydrogen-bond donors (Lipinski definition) is 1. The van der Waals surface area contributed by atoms with Gasteiger partial charge in [0.1, 0.15) is 5.82 Å². The number of carbonyl (C=O) groups is 1. The van der Waals surface area contributed by atoms with E-state index in [1.807, 2.05) is 0 Å². The van der Waals surface area contributed by atoms with Gasteiger partial charge in [0.05, 0.1) is 27.3 Å². The molecule has 2 aromatic carbocycles. The van der Waals surface area contributed by atoms with Crippen LogP contribution in [0.4, 0.5) is 4.39 Å². The standard InChI is InChI=1S/C16H13ClFNO3S/c17-13-9-10(18)5-6-11(13)16(20)19-14-7-8-23(21,22)15-4-2-1-3-12(14)15/h1-6,9,14H,7-8H2,(H,19,20). The van der Waals surface area contributed by atoms with Crippen molar-refractivity contribution in [1.82, 2.24) is 5.32 Å². The molecule has 0 bridgehead atoms. The molecule has 120 valence electrons. The molecule has 4 nitrogen and oxygen atoms in total. The molecule has 1 atom stereocenters. The van der Waals surface area contributed by atoms with E-state index < -0.39 is 27.6 Å². The van der Waals surface area contributed by atoms with Crippen molar-refractivity contribution in [3.8, 4) is 0 Å². The van der Waals surface area contributed by atoms with Crippen LogP contribution in [-0.4, -0.2) is 20.1 Å². The van der Waals surface area contributed by atoms with Crippen LogP contribution in [0.3, 0.4) is 0 Å². The lowest BCUT2D eigenvalue weighted by molar-refractivity contribution is 0.0934. The maximum atomic E-state index is 13.1. The van der Waals surface area contributed by atoms with Crippen LogP contribution in [-0.2, 0) is 9.84 Å². The van der Waals surface area contributed by atoms with Crippen molar-refractivity contribution in [1.29, 1.82) is 0 Å². The molecule has 2 aromatic rings. The summed E-state index contributed by atoms with van der Waals surface area (Å²) < 4.78 is 37.3. The topological polar surface area (TPSA) is 63.2 Å². The molecule has 0 spiro atoms. The Hall–Kier alpha value is -1.92. The van der Waals surface area contributed by atoms with Gasteiger partial charge in [-0.1, -0.05) is 29.8 Å². The molecule has 1 unspecified atom stereocenters. The first-order valence-electron chi connectivity index (χ1n) is 6.96. The molecule has 0 saturated heterocycles. The predicted octanol–water partition coefficient (Wildman–Crippen LogP) is 3.13. The van der Waals surface area contributed by atoms with Gasteiger partial charge in [0.2, 0.25) is 0 Å². The first-order chi connectivity index (χ1) is 10.9. The quantitative estimate of drug-likeness (QED) is 0.902. The number of fused-ring (bicyclic) bond motifs is 1. The highest BCUT2D eigenvalue weighted by Gasteiger charge is 2.31. The summed E-state index contributed by atoms with van der Waals surface area (Å²) >= 11 is 5.89. The number of rotatable bonds is 2. The van der Waals surface area contributed by atoms with Gasteiger partial charge in [0, 0.05) is 0 Å². The monoisotopic (exact) mass is 353 g/mol. The summed E-state index contributed by atoms with van der Waals surface area (Å²) in [6, 6.07) is 9.69. The number of nitrogens with one attached hydrogen (secondary N) is 1. The Labute approximate surface area is 138 Å². The number of carbonyl (C=O) groups excluding carboxylic acids is 1. The summed E-state index contributed by atoms with van der Waals surface area (Å²) in [7, 11) is -3.32. The third-order valence-corrected chi connectivity index (χ3v) is 5.91. The largest absolute Gasteiger partial charge is 0.345 e. The van der Waals surface area contributed by atoms with E-state index >= 15 is 0 Å². The molecule has 1 aliphatic rings. The van der Waals surface area contributed by atoms with Crippen LogP contribution in [0.5, 0.6) is 0 Å². The molecule has 1 heterocycles. The van der Waals surface area contributed by atoms with Crippen LogP contribution in [0.15, 0.2) is 47.4 Å². The highest BCUT2D eigenvalue weighted by molar-refractivity contribution is 7.91. The molecule has 1 aliphatic heterocycles. The highest BCUT2D eigenvalue weighted by Crippen LogP contribution is 2.32. The molecule has 0 saturated carbocycles. The smallest absolute Gasteiger partial charge is 0.253 e. The summed E-state index contributed by atoms with van der Waals surface area (Å²) in [6.45, 7) is 0. The van der Waals surface area contributed by atoms with Crippen molar-refractivity contribution in [3.63, 3.8) is 0 Å². The number of sulfone groups is 1. The van der Waals surface area contributed by atoms with Crippen LogP contribution in [0, 0.1) is 5.82 Å². The Balaban J connectivity index is 1.90. The van der Waals surface area contributed by atoms with Crippen molar-refractivity contribution in [2.75, 3.05) is 5.75 Å². The second-order valence-corrected chi connectivity index (χ2v) is 7.78. The van der Waals surface area contributed by atoms with E-state index in [0.717, 1.165) is 12.1 Å². The van der Waals surface area contributed by atoms with Gasteiger partial charge in [0.25, 0.3) is 5.91 Å². The maximum Gasteiger partial charge on any atom is 0.253 e. The minimum absolute atomic E-state index is 0.0132. The summed E-state index contributed by atoms with van der Waals surface area (Å²) in [5.74, 6) is -1.03. The average Bonchev–Trinajstić information content (AvgIpc) is 2.50. The summed E-state index contributed by atoms with van der Waals surface area (Å²) in [5.41, 5.74) is 0.712.